The molecule has 0 aliphatic carbocycles. The first-order valence-corrected chi connectivity index (χ1v) is 8.83. The minimum absolute atomic E-state index is 0.0762. The van der Waals surface area contributed by atoms with E-state index in [1.165, 1.54) is 6.42 Å². The molecule has 24 heavy (non-hydrogen) atoms. The third kappa shape index (κ3) is 2.48. The summed E-state index contributed by atoms with van der Waals surface area (Å²) in [7, 11) is -0.390. The van der Waals surface area contributed by atoms with E-state index in [4.69, 9.17) is 14.0 Å². The Bertz CT molecular complexity index is 734. The molecule has 0 spiro atoms. The topological polar surface area (TPSA) is 56.4 Å². The summed E-state index contributed by atoms with van der Waals surface area (Å²) in [5.74, 6) is 0. The number of fused-ring (bicyclic) bond motifs is 1. The van der Waals surface area contributed by atoms with Gasteiger partial charge < -0.3 is 14.0 Å². The maximum atomic E-state index is 6.27. The first kappa shape index (κ1) is 16.1. The maximum absolute atomic E-state index is 6.27. The van der Waals surface area contributed by atoms with Gasteiger partial charge in [-0.05, 0) is 58.5 Å². The van der Waals surface area contributed by atoms with Crippen LogP contribution in [0.2, 0.25) is 0 Å². The zero-order chi connectivity index (χ0) is 16.9. The maximum Gasteiger partial charge on any atom is 0.495 e. The quantitative estimate of drug-likeness (QED) is 0.861. The van der Waals surface area contributed by atoms with Crippen LogP contribution < -0.4 is 5.46 Å². The molecule has 2 aromatic rings. The number of benzene rings is 1. The number of ether oxygens (including phenoxy) is 1. The van der Waals surface area contributed by atoms with Gasteiger partial charge in [0.25, 0.3) is 0 Å². The van der Waals surface area contributed by atoms with Crippen LogP contribution in [0.5, 0.6) is 0 Å². The highest BCUT2D eigenvalue weighted by molar-refractivity contribution is 6.65. The fourth-order valence-electron chi connectivity index (χ4n) is 3.49. The SMILES string of the molecule is CC1(C)OB(c2cccc3n[nH]c(C4CCCCO4)c23)OC1(C)C. The van der Waals surface area contributed by atoms with E-state index in [1.807, 2.05) is 12.1 Å². The summed E-state index contributed by atoms with van der Waals surface area (Å²) in [6, 6.07) is 6.11. The Hall–Kier alpha value is -1.37. The minimum atomic E-state index is -0.390. The van der Waals surface area contributed by atoms with Gasteiger partial charge in [0.15, 0.2) is 0 Å². The van der Waals surface area contributed by atoms with Gasteiger partial charge in [-0.3, -0.25) is 5.10 Å². The first-order valence-electron chi connectivity index (χ1n) is 8.83. The molecule has 5 nitrogen and oxygen atoms in total. The number of aromatic nitrogens is 2. The molecule has 0 bridgehead atoms. The predicted molar refractivity (Wildman–Crippen MR) is 94.4 cm³/mol. The van der Waals surface area contributed by atoms with Crippen molar-refractivity contribution < 1.29 is 14.0 Å². The molecule has 3 heterocycles. The molecule has 2 fully saturated rings. The number of nitrogens with one attached hydrogen (secondary N) is 1. The van der Waals surface area contributed by atoms with Crippen LogP contribution in [0.1, 0.15) is 58.8 Å². The monoisotopic (exact) mass is 328 g/mol. The Labute approximate surface area is 143 Å². The third-order valence-electron chi connectivity index (χ3n) is 5.65. The summed E-state index contributed by atoms with van der Waals surface area (Å²) in [6.45, 7) is 9.12. The highest BCUT2D eigenvalue weighted by atomic mass is 16.7. The van der Waals surface area contributed by atoms with Crippen LogP contribution in [-0.4, -0.2) is 35.1 Å². The van der Waals surface area contributed by atoms with E-state index < -0.39 is 7.12 Å². The van der Waals surface area contributed by atoms with Gasteiger partial charge in [-0.1, -0.05) is 12.1 Å². The second kappa shape index (κ2) is 5.58. The van der Waals surface area contributed by atoms with Crippen LogP contribution in [0.3, 0.4) is 0 Å². The number of rotatable bonds is 2. The summed E-state index contributed by atoms with van der Waals surface area (Å²) in [5.41, 5.74) is 2.31. The Morgan fingerprint density at radius 3 is 2.54 bits per heavy atom. The van der Waals surface area contributed by atoms with Gasteiger partial charge in [-0.25, -0.2) is 0 Å². The number of hydrogen-bond acceptors (Lipinski definition) is 4. The van der Waals surface area contributed by atoms with Crippen molar-refractivity contribution in [2.75, 3.05) is 6.61 Å². The molecular weight excluding hydrogens is 303 g/mol. The molecule has 2 aliphatic rings. The normalized spacial score (nSPS) is 26.2. The van der Waals surface area contributed by atoms with Gasteiger partial charge in [0.2, 0.25) is 0 Å². The van der Waals surface area contributed by atoms with Gasteiger partial charge >= 0.3 is 7.12 Å². The smallest absolute Gasteiger partial charge is 0.399 e. The Balaban J connectivity index is 1.77. The average molecular weight is 328 g/mol. The molecule has 1 N–H and O–H groups in total. The molecular formula is C18H25BN2O3. The molecule has 1 unspecified atom stereocenters. The minimum Gasteiger partial charge on any atom is -0.399 e. The molecule has 0 saturated carbocycles. The van der Waals surface area contributed by atoms with Gasteiger partial charge in [-0.2, -0.15) is 5.10 Å². The van der Waals surface area contributed by atoms with E-state index in [2.05, 4.69) is 44.0 Å². The molecule has 2 saturated heterocycles. The summed E-state index contributed by atoms with van der Waals surface area (Å²) in [5, 5.41) is 8.77. The van der Waals surface area contributed by atoms with Crippen molar-refractivity contribution in [2.24, 2.45) is 0 Å². The van der Waals surface area contributed by atoms with Crippen molar-refractivity contribution in [1.82, 2.24) is 10.2 Å². The zero-order valence-electron chi connectivity index (χ0n) is 14.9. The van der Waals surface area contributed by atoms with E-state index in [9.17, 15) is 0 Å². The molecule has 6 heteroatoms. The fourth-order valence-corrected chi connectivity index (χ4v) is 3.49. The number of H-pyrrole nitrogens is 1. The standard InChI is InChI=1S/C18H25BN2O3/c1-17(2)18(3,4)24-19(23-17)12-8-7-9-13-15(12)16(21-20-13)14-10-5-6-11-22-14/h7-9,14H,5-6,10-11H2,1-4H3,(H,20,21). The lowest BCUT2D eigenvalue weighted by Gasteiger charge is -2.32. The third-order valence-corrected chi connectivity index (χ3v) is 5.65. The molecule has 1 aromatic carbocycles. The molecule has 128 valence electrons. The van der Waals surface area contributed by atoms with Gasteiger partial charge in [0, 0.05) is 12.0 Å². The Kier molecular flexibility index (Phi) is 3.75. The van der Waals surface area contributed by atoms with Crippen LogP contribution in [0.25, 0.3) is 10.9 Å². The number of nitrogens with zero attached hydrogens (tertiary/aromatic N) is 1. The fraction of sp³-hybridized carbons (Fsp3) is 0.611. The van der Waals surface area contributed by atoms with Gasteiger partial charge in [0.1, 0.15) is 0 Å². The molecule has 0 amide bonds. The van der Waals surface area contributed by atoms with Crippen LogP contribution in [-0.2, 0) is 14.0 Å². The van der Waals surface area contributed by atoms with Crippen molar-refractivity contribution in [3.8, 4) is 0 Å². The Morgan fingerprint density at radius 2 is 1.88 bits per heavy atom. The number of hydrogen-bond donors (Lipinski definition) is 1. The molecule has 2 aliphatic heterocycles. The summed E-state index contributed by atoms with van der Waals surface area (Å²) < 4.78 is 18.5. The number of aromatic amines is 1. The van der Waals surface area contributed by atoms with Crippen molar-refractivity contribution >= 4 is 23.5 Å². The lowest BCUT2D eigenvalue weighted by molar-refractivity contribution is 0.00578. The van der Waals surface area contributed by atoms with Crippen LogP contribution >= 0.6 is 0 Å². The van der Waals surface area contributed by atoms with E-state index in [0.29, 0.717) is 0 Å². The van der Waals surface area contributed by atoms with Gasteiger partial charge in [0.05, 0.1) is 28.5 Å². The molecule has 4 rings (SSSR count). The average Bonchev–Trinajstić information content (AvgIpc) is 3.06. The first-order chi connectivity index (χ1) is 11.4. The molecule has 1 atom stereocenters. The van der Waals surface area contributed by atoms with Gasteiger partial charge in [-0.15, -0.1) is 0 Å². The second-order valence-corrected chi connectivity index (χ2v) is 7.82. The molecule has 1 aromatic heterocycles. The second-order valence-electron chi connectivity index (χ2n) is 7.82. The van der Waals surface area contributed by atoms with E-state index in [-0.39, 0.29) is 17.3 Å². The summed E-state index contributed by atoms with van der Waals surface area (Å²) in [6.07, 6.45) is 3.42. The van der Waals surface area contributed by atoms with Crippen LogP contribution in [0.15, 0.2) is 18.2 Å². The highest BCUT2D eigenvalue weighted by Gasteiger charge is 2.52. The lowest BCUT2D eigenvalue weighted by atomic mass is 9.76. The lowest BCUT2D eigenvalue weighted by Crippen LogP contribution is -2.41. The van der Waals surface area contributed by atoms with E-state index >= 15 is 0 Å². The summed E-state index contributed by atoms with van der Waals surface area (Å²) >= 11 is 0. The largest absolute Gasteiger partial charge is 0.495 e. The van der Waals surface area contributed by atoms with Crippen molar-refractivity contribution in [1.29, 1.82) is 0 Å². The van der Waals surface area contributed by atoms with Crippen LogP contribution in [0.4, 0.5) is 0 Å². The van der Waals surface area contributed by atoms with Crippen LogP contribution in [0, 0.1) is 0 Å². The predicted octanol–water partition coefficient (Wildman–Crippen LogP) is 3.10. The van der Waals surface area contributed by atoms with Crippen molar-refractivity contribution in [3.05, 3.63) is 23.9 Å². The van der Waals surface area contributed by atoms with Crippen molar-refractivity contribution in [2.45, 2.75) is 64.3 Å². The highest BCUT2D eigenvalue weighted by Crippen LogP contribution is 2.38. The molecule has 0 radical (unpaired) electrons. The summed E-state index contributed by atoms with van der Waals surface area (Å²) in [4.78, 5) is 0. The Morgan fingerprint density at radius 1 is 1.12 bits per heavy atom. The van der Waals surface area contributed by atoms with E-state index in [1.54, 1.807) is 0 Å². The van der Waals surface area contributed by atoms with E-state index in [0.717, 1.165) is 41.5 Å². The zero-order valence-corrected chi connectivity index (χ0v) is 14.9. The van der Waals surface area contributed by atoms with Crippen molar-refractivity contribution in [3.63, 3.8) is 0 Å².